The maximum atomic E-state index is 13.0. The second kappa shape index (κ2) is 9.80. The van der Waals surface area contributed by atoms with E-state index in [1.165, 1.54) is 22.5 Å². The lowest BCUT2D eigenvalue weighted by molar-refractivity contribution is -0.137. The number of carbonyl (C=O) groups is 1. The predicted octanol–water partition coefficient (Wildman–Crippen LogP) is 2.47. The number of carbonyl (C=O) groups excluding carboxylic acids is 1. The largest absolute Gasteiger partial charge is 0.417 e. The normalized spacial score (nSPS) is 16.4. The molecule has 11 heteroatoms. The maximum absolute atomic E-state index is 13.0. The van der Waals surface area contributed by atoms with Crippen LogP contribution >= 0.6 is 0 Å². The molecule has 1 aliphatic heterocycles. The molecule has 0 aliphatic carbocycles. The topological polar surface area (TPSA) is 82.1 Å². The van der Waals surface area contributed by atoms with E-state index < -0.39 is 27.7 Å². The number of hydrazone groups is 1. The van der Waals surface area contributed by atoms with Crippen LogP contribution in [0.1, 0.15) is 16.7 Å². The Kier molecular flexibility index (Phi) is 7.32. The van der Waals surface area contributed by atoms with Gasteiger partial charge in [-0.05, 0) is 25.1 Å². The highest BCUT2D eigenvalue weighted by Gasteiger charge is 2.32. The molecule has 1 fully saturated rings. The second-order valence-corrected chi connectivity index (χ2v) is 9.31. The van der Waals surface area contributed by atoms with Crippen molar-refractivity contribution in [3.05, 3.63) is 65.2 Å². The Morgan fingerprint density at radius 3 is 2.31 bits per heavy atom. The Labute approximate surface area is 184 Å². The van der Waals surface area contributed by atoms with Crippen LogP contribution in [0.3, 0.4) is 0 Å². The minimum atomic E-state index is -4.52. The van der Waals surface area contributed by atoms with Crippen LogP contribution in [0.4, 0.5) is 13.2 Å². The first-order chi connectivity index (χ1) is 15.1. The van der Waals surface area contributed by atoms with E-state index in [1.54, 1.807) is 29.2 Å². The molecule has 0 bridgehead atoms. The first kappa shape index (κ1) is 23.9. The van der Waals surface area contributed by atoms with Crippen LogP contribution in [0.25, 0.3) is 0 Å². The highest BCUT2D eigenvalue weighted by atomic mass is 32.2. The highest BCUT2D eigenvalue weighted by molar-refractivity contribution is 7.89. The van der Waals surface area contributed by atoms with Crippen molar-refractivity contribution >= 4 is 22.1 Å². The lowest BCUT2D eigenvalue weighted by Gasteiger charge is -2.33. The van der Waals surface area contributed by atoms with Gasteiger partial charge in [0.15, 0.2) is 0 Å². The van der Waals surface area contributed by atoms with E-state index in [4.69, 9.17) is 0 Å². The van der Waals surface area contributed by atoms with Gasteiger partial charge >= 0.3 is 6.18 Å². The monoisotopic (exact) mass is 468 g/mol. The van der Waals surface area contributed by atoms with Gasteiger partial charge in [-0.15, -0.1) is 0 Å². The molecule has 0 saturated carbocycles. The zero-order valence-electron chi connectivity index (χ0n) is 17.3. The molecular weight excluding hydrogens is 445 g/mol. The van der Waals surface area contributed by atoms with Crippen molar-refractivity contribution in [2.24, 2.45) is 5.10 Å². The van der Waals surface area contributed by atoms with Crippen LogP contribution in [0.5, 0.6) is 0 Å². The second-order valence-electron chi connectivity index (χ2n) is 7.37. The van der Waals surface area contributed by atoms with Crippen molar-refractivity contribution < 1.29 is 26.4 Å². The summed E-state index contributed by atoms with van der Waals surface area (Å²) in [6, 6.07) is 11.5. The number of piperazine rings is 1. The summed E-state index contributed by atoms with van der Waals surface area (Å²) in [4.78, 5) is 14.1. The van der Waals surface area contributed by atoms with Gasteiger partial charge in [0.25, 0.3) is 5.91 Å². The molecule has 0 atom stereocenters. The summed E-state index contributed by atoms with van der Waals surface area (Å²) in [6.07, 6.45) is -3.57. The molecule has 172 valence electrons. The maximum Gasteiger partial charge on any atom is 0.417 e. The standard InChI is InChI=1S/C21H23F3N4O3S/c1-16-6-8-18(9-7-16)32(30,31)28-12-10-27(11-13-28)15-20(29)26-25-14-17-4-2-3-5-19(17)21(22,23)24/h2-9,14H,10-13,15H2,1H3,(H,26,29)/b25-14-. The van der Waals surface area contributed by atoms with Crippen LogP contribution < -0.4 is 5.43 Å². The number of halogens is 3. The van der Waals surface area contributed by atoms with Gasteiger partial charge in [-0.1, -0.05) is 35.9 Å². The summed E-state index contributed by atoms with van der Waals surface area (Å²) in [5.74, 6) is -0.499. The molecule has 1 amide bonds. The number of nitrogens with zero attached hydrogens (tertiary/aromatic N) is 3. The zero-order valence-corrected chi connectivity index (χ0v) is 18.2. The first-order valence-electron chi connectivity index (χ1n) is 9.84. The third-order valence-electron chi connectivity index (χ3n) is 5.02. The van der Waals surface area contributed by atoms with E-state index >= 15 is 0 Å². The summed E-state index contributed by atoms with van der Waals surface area (Å²) < 4.78 is 65.8. The molecule has 0 spiro atoms. The average Bonchev–Trinajstić information content (AvgIpc) is 2.74. The smallest absolute Gasteiger partial charge is 0.292 e. The summed E-state index contributed by atoms with van der Waals surface area (Å²) in [5, 5.41) is 3.62. The number of nitrogens with one attached hydrogen (secondary N) is 1. The molecule has 0 aromatic heterocycles. The summed E-state index contributed by atoms with van der Waals surface area (Å²) in [7, 11) is -3.60. The molecule has 2 aromatic rings. The van der Waals surface area contributed by atoms with E-state index in [-0.39, 0.29) is 30.1 Å². The minimum absolute atomic E-state index is 0.0450. The van der Waals surface area contributed by atoms with Crippen LogP contribution in [-0.4, -0.2) is 62.5 Å². The van der Waals surface area contributed by atoms with Crippen molar-refractivity contribution in [3.63, 3.8) is 0 Å². The molecule has 2 aromatic carbocycles. The van der Waals surface area contributed by atoms with Gasteiger partial charge in [-0.3, -0.25) is 9.69 Å². The number of alkyl halides is 3. The molecule has 3 rings (SSSR count). The Morgan fingerprint density at radius 1 is 1.06 bits per heavy atom. The van der Waals surface area contributed by atoms with Crippen molar-refractivity contribution in [1.29, 1.82) is 0 Å². The third-order valence-corrected chi connectivity index (χ3v) is 6.93. The molecule has 1 aliphatic rings. The van der Waals surface area contributed by atoms with E-state index in [0.717, 1.165) is 17.8 Å². The fraction of sp³-hybridized carbons (Fsp3) is 0.333. The Hall–Kier alpha value is -2.76. The third kappa shape index (κ3) is 5.93. The van der Waals surface area contributed by atoms with E-state index in [1.807, 2.05) is 6.92 Å². The molecule has 1 N–H and O–H groups in total. The predicted molar refractivity (Wildman–Crippen MR) is 114 cm³/mol. The Morgan fingerprint density at radius 2 is 1.69 bits per heavy atom. The number of hydrogen-bond donors (Lipinski definition) is 1. The Balaban J connectivity index is 1.51. The van der Waals surface area contributed by atoms with Gasteiger partial charge in [0.1, 0.15) is 0 Å². The quantitative estimate of drug-likeness (QED) is 0.522. The lowest BCUT2D eigenvalue weighted by atomic mass is 10.1. The fourth-order valence-corrected chi connectivity index (χ4v) is 4.69. The van der Waals surface area contributed by atoms with Gasteiger partial charge in [0.05, 0.1) is 23.2 Å². The van der Waals surface area contributed by atoms with Gasteiger partial charge in [0.2, 0.25) is 10.0 Å². The highest BCUT2D eigenvalue weighted by Crippen LogP contribution is 2.31. The van der Waals surface area contributed by atoms with Crippen LogP contribution in [-0.2, 0) is 21.0 Å². The first-order valence-corrected chi connectivity index (χ1v) is 11.3. The number of hydrogen-bond acceptors (Lipinski definition) is 5. The van der Waals surface area contributed by atoms with Crippen LogP contribution in [0.15, 0.2) is 58.5 Å². The number of sulfonamides is 1. The van der Waals surface area contributed by atoms with Crippen molar-refractivity contribution in [3.8, 4) is 0 Å². The average molecular weight is 469 g/mol. The van der Waals surface area contributed by atoms with E-state index in [9.17, 15) is 26.4 Å². The van der Waals surface area contributed by atoms with Crippen LogP contribution in [0, 0.1) is 6.92 Å². The summed E-state index contributed by atoms with van der Waals surface area (Å²) >= 11 is 0. The molecule has 7 nitrogen and oxygen atoms in total. The number of benzene rings is 2. The van der Waals surface area contributed by atoms with Crippen LogP contribution in [0.2, 0.25) is 0 Å². The van der Waals surface area contributed by atoms with Gasteiger partial charge < -0.3 is 0 Å². The van der Waals surface area contributed by atoms with Crippen molar-refractivity contribution in [2.75, 3.05) is 32.7 Å². The van der Waals surface area contributed by atoms with Gasteiger partial charge in [-0.2, -0.15) is 22.6 Å². The molecular formula is C21H23F3N4O3S. The van der Waals surface area contributed by atoms with Crippen molar-refractivity contribution in [2.45, 2.75) is 18.0 Å². The van der Waals surface area contributed by atoms with Gasteiger partial charge in [0, 0.05) is 31.7 Å². The van der Waals surface area contributed by atoms with E-state index in [0.29, 0.717) is 13.1 Å². The molecule has 1 saturated heterocycles. The molecule has 32 heavy (non-hydrogen) atoms. The molecule has 0 radical (unpaired) electrons. The lowest BCUT2D eigenvalue weighted by Crippen LogP contribution is -2.50. The van der Waals surface area contributed by atoms with Crippen molar-refractivity contribution in [1.82, 2.24) is 14.6 Å². The molecule has 0 unspecified atom stereocenters. The summed E-state index contributed by atoms with van der Waals surface area (Å²) in [5.41, 5.74) is 2.18. The Bertz CT molecular complexity index is 1080. The summed E-state index contributed by atoms with van der Waals surface area (Å²) in [6.45, 7) is 2.98. The van der Waals surface area contributed by atoms with Gasteiger partial charge in [-0.25, -0.2) is 13.8 Å². The SMILES string of the molecule is Cc1ccc(S(=O)(=O)N2CCN(CC(=O)N/N=C\c3ccccc3C(F)(F)F)CC2)cc1. The number of rotatable bonds is 6. The van der Waals surface area contributed by atoms with E-state index in [2.05, 4.69) is 10.5 Å². The minimum Gasteiger partial charge on any atom is -0.292 e. The zero-order chi connectivity index (χ0) is 23.4. The molecule has 1 heterocycles. The number of amides is 1. The number of aryl methyl sites for hydroxylation is 1. The fourth-order valence-electron chi connectivity index (χ4n) is 3.27.